The fourth-order valence-corrected chi connectivity index (χ4v) is 2.07. The minimum absolute atomic E-state index is 0.439. The molecule has 1 aromatic rings. The van der Waals surface area contributed by atoms with Crippen molar-refractivity contribution in [1.82, 2.24) is 5.32 Å². The molecule has 0 aliphatic heterocycles. The van der Waals surface area contributed by atoms with E-state index >= 15 is 0 Å². The van der Waals surface area contributed by atoms with Gasteiger partial charge in [-0.3, -0.25) is 0 Å². The number of halogens is 1. The fraction of sp³-hybridized carbons (Fsp3) is 0.571. The third kappa shape index (κ3) is 4.50. The Bertz CT molecular complexity index is 380. The first kappa shape index (κ1) is 15.3. The van der Waals surface area contributed by atoms with Gasteiger partial charge in [-0.15, -0.1) is 0 Å². The molecule has 0 aliphatic rings. The second-order valence-electron chi connectivity index (χ2n) is 4.48. The van der Waals surface area contributed by atoms with Gasteiger partial charge >= 0.3 is 0 Å². The van der Waals surface area contributed by atoms with Crippen LogP contribution in [-0.4, -0.2) is 19.8 Å². The van der Waals surface area contributed by atoms with Crippen molar-refractivity contribution in [2.75, 3.05) is 13.7 Å². The van der Waals surface area contributed by atoms with Gasteiger partial charge in [0, 0.05) is 22.6 Å². The molecule has 0 saturated heterocycles. The van der Waals surface area contributed by atoms with Gasteiger partial charge in [-0.2, -0.15) is 0 Å². The Labute approximate surface area is 118 Å². The van der Waals surface area contributed by atoms with Crippen LogP contribution in [0.5, 0.6) is 11.5 Å². The molecular formula is C14H22BrNO2. The van der Waals surface area contributed by atoms with Crippen LogP contribution in [0.4, 0.5) is 0 Å². The third-order valence-corrected chi connectivity index (χ3v) is 2.93. The maximum atomic E-state index is 5.81. The molecule has 1 aromatic carbocycles. The normalized spacial score (nSPS) is 10.8. The van der Waals surface area contributed by atoms with Crippen molar-refractivity contribution < 1.29 is 9.47 Å². The van der Waals surface area contributed by atoms with E-state index < -0.39 is 0 Å². The lowest BCUT2D eigenvalue weighted by Gasteiger charge is -2.17. The Kier molecular flexibility index (Phi) is 6.50. The Balaban J connectivity index is 2.98. The van der Waals surface area contributed by atoms with Crippen molar-refractivity contribution in [3.63, 3.8) is 0 Å². The van der Waals surface area contributed by atoms with Gasteiger partial charge in [0.15, 0.2) is 11.5 Å². The van der Waals surface area contributed by atoms with Crippen LogP contribution in [0.1, 0.15) is 32.8 Å². The molecule has 3 nitrogen and oxygen atoms in total. The van der Waals surface area contributed by atoms with E-state index in [9.17, 15) is 0 Å². The van der Waals surface area contributed by atoms with Crippen molar-refractivity contribution in [3.05, 3.63) is 22.2 Å². The molecule has 102 valence electrons. The number of benzene rings is 1. The van der Waals surface area contributed by atoms with E-state index in [0.717, 1.165) is 34.5 Å². The molecule has 0 radical (unpaired) electrons. The predicted molar refractivity (Wildman–Crippen MR) is 78.5 cm³/mol. The SMILES string of the molecule is CCCOc1c(CNC(C)C)cc(Br)cc1OC. The van der Waals surface area contributed by atoms with E-state index in [2.05, 4.69) is 48.1 Å². The smallest absolute Gasteiger partial charge is 0.165 e. The third-order valence-electron chi connectivity index (χ3n) is 2.47. The summed E-state index contributed by atoms with van der Waals surface area (Å²) in [5.74, 6) is 1.62. The van der Waals surface area contributed by atoms with Crippen molar-refractivity contribution in [2.45, 2.75) is 39.8 Å². The highest BCUT2D eigenvalue weighted by molar-refractivity contribution is 9.10. The Morgan fingerprint density at radius 3 is 2.61 bits per heavy atom. The largest absolute Gasteiger partial charge is 0.493 e. The first-order valence-corrected chi connectivity index (χ1v) is 7.10. The topological polar surface area (TPSA) is 30.5 Å². The zero-order valence-corrected chi connectivity index (χ0v) is 13.1. The minimum atomic E-state index is 0.439. The van der Waals surface area contributed by atoms with E-state index in [1.54, 1.807) is 7.11 Å². The van der Waals surface area contributed by atoms with Crippen LogP contribution in [0, 0.1) is 0 Å². The highest BCUT2D eigenvalue weighted by Crippen LogP contribution is 2.35. The summed E-state index contributed by atoms with van der Waals surface area (Å²) in [6, 6.07) is 4.45. The fourth-order valence-electron chi connectivity index (χ4n) is 1.59. The lowest BCUT2D eigenvalue weighted by Crippen LogP contribution is -2.22. The van der Waals surface area contributed by atoms with E-state index in [4.69, 9.17) is 9.47 Å². The molecule has 0 amide bonds. The summed E-state index contributed by atoms with van der Waals surface area (Å²) in [6.45, 7) is 7.82. The maximum absolute atomic E-state index is 5.81. The zero-order valence-electron chi connectivity index (χ0n) is 11.5. The van der Waals surface area contributed by atoms with Gasteiger partial charge in [-0.25, -0.2) is 0 Å². The molecule has 0 aliphatic carbocycles. The predicted octanol–water partition coefficient (Wildman–Crippen LogP) is 3.74. The van der Waals surface area contributed by atoms with Gasteiger partial charge in [0.05, 0.1) is 13.7 Å². The number of nitrogens with one attached hydrogen (secondary N) is 1. The Morgan fingerprint density at radius 1 is 1.33 bits per heavy atom. The number of methoxy groups -OCH3 is 1. The molecule has 0 unspecified atom stereocenters. The molecule has 0 spiro atoms. The standard InChI is InChI=1S/C14H22BrNO2/c1-5-6-18-14-11(9-16-10(2)3)7-12(15)8-13(14)17-4/h7-8,10,16H,5-6,9H2,1-4H3. The number of ether oxygens (including phenoxy) is 2. The van der Waals surface area contributed by atoms with Crippen LogP contribution in [-0.2, 0) is 6.54 Å². The molecule has 0 bridgehead atoms. The average Bonchev–Trinajstić information content (AvgIpc) is 2.34. The van der Waals surface area contributed by atoms with Crippen LogP contribution in [0.2, 0.25) is 0 Å². The Hall–Kier alpha value is -0.740. The lowest BCUT2D eigenvalue weighted by molar-refractivity contribution is 0.290. The lowest BCUT2D eigenvalue weighted by atomic mass is 10.1. The van der Waals surface area contributed by atoms with Crippen molar-refractivity contribution in [1.29, 1.82) is 0 Å². The van der Waals surface area contributed by atoms with Crippen LogP contribution in [0.15, 0.2) is 16.6 Å². The van der Waals surface area contributed by atoms with E-state index in [0.29, 0.717) is 12.6 Å². The van der Waals surface area contributed by atoms with Crippen LogP contribution < -0.4 is 14.8 Å². The van der Waals surface area contributed by atoms with Crippen molar-refractivity contribution >= 4 is 15.9 Å². The molecule has 0 heterocycles. The number of rotatable bonds is 7. The molecule has 0 aromatic heterocycles. The van der Waals surface area contributed by atoms with Crippen LogP contribution in [0.25, 0.3) is 0 Å². The summed E-state index contributed by atoms with van der Waals surface area (Å²) in [5, 5.41) is 3.40. The molecule has 0 fully saturated rings. The minimum Gasteiger partial charge on any atom is -0.493 e. The summed E-state index contributed by atoms with van der Waals surface area (Å²) in [4.78, 5) is 0. The Morgan fingerprint density at radius 2 is 2.06 bits per heavy atom. The number of hydrogen-bond acceptors (Lipinski definition) is 3. The van der Waals surface area contributed by atoms with Gasteiger partial charge in [0.2, 0.25) is 0 Å². The van der Waals surface area contributed by atoms with Gasteiger partial charge in [0.25, 0.3) is 0 Å². The van der Waals surface area contributed by atoms with Gasteiger partial charge in [0.1, 0.15) is 0 Å². The monoisotopic (exact) mass is 315 g/mol. The van der Waals surface area contributed by atoms with Crippen molar-refractivity contribution in [3.8, 4) is 11.5 Å². The van der Waals surface area contributed by atoms with E-state index in [1.165, 1.54) is 0 Å². The zero-order chi connectivity index (χ0) is 13.5. The van der Waals surface area contributed by atoms with E-state index in [-0.39, 0.29) is 0 Å². The summed E-state index contributed by atoms with van der Waals surface area (Å²) in [6.07, 6.45) is 0.982. The first-order valence-electron chi connectivity index (χ1n) is 6.31. The second kappa shape index (κ2) is 7.64. The molecule has 0 atom stereocenters. The number of hydrogen-bond donors (Lipinski definition) is 1. The van der Waals surface area contributed by atoms with Crippen LogP contribution in [0.3, 0.4) is 0 Å². The highest BCUT2D eigenvalue weighted by atomic mass is 79.9. The van der Waals surface area contributed by atoms with Gasteiger partial charge in [-0.05, 0) is 18.6 Å². The van der Waals surface area contributed by atoms with E-state index in [1.807, 2.05) is 6.07 Å². The summed E-state index contributed by atoms with van der Waals surface area (Å²) in [7, 11) is 1.67. The highest BCUT2D eigenvalue weighted by Gasteiger charge is 2.12. The summed E-state index contributed by atoms with van der Waals surface area (Å²) >= 11 is 3.50. The van der Waals surface area contributed by atoms with Crippen molar-refractivity contribution in [2.24, 2.45) is 0 Å². The second-order valence-corrected chi connectivity index (χ2v) is 5.40. The molecule has 1 N–H and O–H groups in total. The first-order chi connectivity index (χ1) is 8.58. The quantitative estimate of drug-likeness (QED) is 0.831. The summed E-state index contributed by atoms with van der Waals surface area (Å²) in [5.41, 5.74) is 1.11. The average molecular weight is 316 g/mol. The van der Waals surface area contributed by atoms with Gasteiger partial charge < -0.3 is 14.8 Å². The molecule has 4 heteroatoms. The molecule has 18 heavy (non-hydrogen) atoms. The van der Waals surface area contributed by atoms with Crippen LogP contribution >= 0.6 is 15.9 Å². The molecular weight excluding hydrogens is 294 g/mol. The summed E-state index contributed by atoms with van der Waals surface area (Å²) < 4.78 is 12.2. The molecule has 1 rings (SSSR count). The maximum Gasteiger partial charge on any atom is 0.165 e. The van der Waals surface area contributed by atoms with Gasteiger partial charge in [-0.1, -0.05) is 36.7 Å². The molecule has 0 saturated carbocycles.